The van der Waals surface area contributed by atoms with Crippen molar-refractivity contribution in [1.29, 1.82) is 0 Å². The number of benzene rings is 2. The molecule has 1 heteroatoms. The third-order valence-corrected chi connectivity index (χ3v) is 2.77. The molecule has 0 atom stereocenters. The Balaban J connectivity index is 2.55. The van der Waals surface area contributed by atoms with Gasteiger partial charge in [0.15, 0.2) is 0 Å². The van der Waals surface area contributed by atoms with Gasteiger partial charge in [-0.1, -0.05) is 62.4 Å². The molecule has 0 radical (unpaired) electrons. The van der Waals surface area contributed by atoms with Crippen LogP contribution in [0.1, 0.15) is 25.3 Å². The molecule has 1 N–H and O–H groups in total. The molecule has 2 rings (SSSR count). The first kappa shape index (κ1) is 10.7. The molecule has 2 aromatic carbocycles. The SMILES string of the molecule is CC(C)c1cccc(-c2ccccc2)c1O. The Hall–Kier alpha value is -1.76. The molecule has 0 aromatic heterocycles. The van der Waals surface area contributed by atoms with E-state index in [4.69, 9.17) is 0 Å². The summed E-state index contributed by atoms with van der Waals surface area (Å²) in [5.74, 6) is 0.743. The lowest BCUT2D eigenvalue weighted by atomic mass is 9.96. The van der Waals surface area contributed by atoms with E-state index in [2.05, 4.69) is 13.8 Å². The summed E-state index contributed by atoms with van der Waals surface area (Å²) in [5, 5.41) is 10.2. The number of phenols is 1. The fourth-order valence-electron chi connectivity index (χ4n) is 1.88. The second-order valence-corrected chi connectivity index (χ2v) is 4.26. The maximum absolute atomic E-state index is 10.2. The Kier molecular flexibility index (Phi) is 2.95. The van der Waals surface area contributed by atoms with Crippen molar-refractivity contribution >= 4 is 0 Å². The van der Waals surface area contributed by atoms with Gasteiger partial charge in [0.2, 0.25) is 0 Å². The molecule has 0 unspecified atom stereocenters. The summed E-state index contributed by atoms with van der Waals surface area (Å²) in [7, 11) is 0. The third-order valence-electron chi connectivity index (χ3n) is 2.77. The van der Waals surface area contributed by atoms with Crippen LogP contribution in [0, 0.1) is 0 Å². The molecule has 0 aliphatic rings. The molecule has 0 aliphatic carbocycles. The molecule has 0 saturated carbocycles. The molecule has 16 heavy (non-hydrogen) atoms. The van der Waals surface area contributed by atoms with Gasteiger partial charge in [-0.15, -0.1) is 0 Å². The molecule has 2 aromatic rings. The number of rotatable bonds is 2. The molecule has 0 aliphatic heterocycles. The zero-order valence-corrected chi connectivity index (χ0v) is 9.64. The average molecular weight is 212 g/mol. The van der Waals surface area contributed by atoms with Gasteiger partial charge in [0.25, 0.3) is 0 Å². The van der Waals surface area contributed by atoms with E-state index < -0.39 is 0 Å². The maximum atomic E-state index is 10.2. The molecule has 0 spiro atoms. The van der Waals surface area contributed by atoms with Crippen molar-refractivity contribution in [2.24, 2.45) is 0 Å². The second-order valence-electron chi connectivity index (χ2n) is 4.26. The fraction of sp³-hybridized carbons (Fsp3) is 0.200. The molecule has 0 amide bonds. The van der Waals surface area contributed by atoms with Crippen molar-refractivity contribution < 1.29 is 5.11 Å². The Morgan fingerprint density at radius 1 is 0.875 bits per heavy atom. The Labute approximate surface area is 96.4 Å². The molecule has 0 fully saturated rings. The minimum atomic E-state index is 0.337. The lowest BCUT2D eigenvalue weighted by Gasteiger charge is -2.12. The van der Waals surface area contributed by atoms with Crippen molar-refractivity contribution in [3.05, 3.63) is 54.1 Å². The van der Waals surface area contributed by atoms with Crippen LogP contribution in [0.25, 0.3) is 11.1 Å². The molecule has 0 bridgehead atoms. The van der Waals surface area contributed by atoms with Gasteiger partial charge >= 0.3 is 0 Å². The van der Waals surface area contributed by atoms with Crippen molar-refractivity contribution in [3.8, 4) is 16.9 Å². The monoisotopic (exact) mass is 212 g/mol. The Morgan fingerprint density at radius 2 is 1.56 bits per heavy atom. The Bertz CT molecular complexity index is 472. The summed E-state index contributed by atoms with van der Waals surface area (Å²) in [6.07, 6.45) is 0. The zero-order valence-electron chi connectivity index (χ0n) is 9.64. The Morgan fingerprint density at radius 3 is 2.19 bits per heavy atom. The molecular formula is C15H16O. The van der Waals surface area contributed by atoms with Crippen molar-refractivity contribution in [3.63, 3.8) is 0 Å². The van der Waals surface area contributed by atoms with Crippen LogP contribution in [-0.2, 0) is 0 Å². The van der Waals surface area contributed by atoms with Crippen LogP contribution < -0.4 is 0 Å². The summed E-state index contributed by atoms with van der Waals surface area (Å²) in [6, 6.07) is 15.9. The summed E-state index contributed by atoms with van der Waals surface area (Å²) < 4.78 is 0. The highest BCUT2D eigenvalue weighted by Crippen LogP contribution is 2.35. The molecule has 82 valence electrons. The minimum absolute atomic E-state index is 0.337. The van der Waals surface area contributed by atoms with Crippen LogP contribution in [0.2, 0.25) is 0 Å². The van der Waals surface area contributed by atoms with Crippen LogP contribution in [0.15, 0.2) is 48.5 Å². The zero-order chi connectivity index (χ0) is 11.5. The van der Waals surface area contributed by atoms with E-state index in [9.17, 15) is 5.11 Å². The lowest BCUT2D eigenvalue weighted by Crippen LogP contribution is -1.90. The van der Waals surface area contributed by atoms with E-state index in [0.717, 1.165) is 16.7 Å². The second kappa shape index (κ2) is 4.40. The van der Waals surface area contributed by atoms with Crippen molar-refractivity contribution in [2.75, 3.05) is 0 Å². The molecule has 0 heterocycles. The lowest BCUT2D eigenvalue weighted by molar-refractivity contribution is 0.467. The first-order chi connectivity index (χ1) is 7.70. The number of phenolic OH excluding ortho intramolecular Hbond substituents is 1. The van der Waals surface area contributed by atoms with Gasteiger partial charge in [-0.3, -0.25) is 0 Å². The summed E-state index contributed by atoms with van der Waals surface area (Å²) in [4.78, 5) is 0. The quantitative estimate of drug-likeness (QED) is 0.791. The van der Waals surface area contributed by atoms with E-state index in [1.807, 2.05) is 48.5 Å². The number of aromatic hydroxyl groups is 1. The largest absolute Gasteiger partial charge is 0.507 e. The predicted octanol–water partition coefficient (Wildman–Crippen LogP) is 4.18. The topological polar surface area (TPSA) is 20.2 Å². The van der Waals surface area contributed by atoms with Crippen LogP contribution in [0.5, 0.6) is 5.75 Å². The van der Waals surface area contributed by atoms with Gasteiger partial charge < -0.3 is 5.11 Å². The normalized spacial score (nSPS) is 10.7. The average Bonchev–Trinajstić information content (AvgIpc) is 2.30. The van der Waals surface area contributed by atoms with Gasteiger partial charge in [-0.25, -0.2) is 0 Å². The predicted molar refractivity (Wildman–Crippen MR) is 67.6 cm³/mol. The van der Waals surface area contributed by atoms with Gasteiger partial charge in [0.1, 0.15) is 5.75 Å². The van der Waals surface area contributed by atoms with E-state index in [-0.39, 0.29) is 0 Å². The standard InChI is InChI=1S/C15H16O/c1-11(2)13-9-6-10-14(15(13)16)12-7-4-3-5-8-12/h3-11,16H,1-2H3. The summed E-state index contributed by atoms with van der Waals surface area (Å²) in [5.41, 5.74) is 2.97. The first-order valence-electron chi connectivity index (χ1n) is 5.57. The van der Waals surface area contributed by atoms with E-state index in [1.165, 1.54) is 0 Å². The molecular weight excluding hydrogens is 196 g/mol. The van der Waals surface area contributed by atoms with E-state index in [1.54, 1.807) is 0 Å². The van der Waals surface area contributed by atoms with Crippen LogP contribution in [0.4, 0.5) is 0 Å². The van der Waals surface area contributed by atoms with Crippen molar-refractivity contribution in [2.45, 2.75) is 19.8 Å². The van der Waals surface area contributed by atoms with E-state index >= 15 is 0 Å². The summed E-state index contributed by atoms with van der Waals surface area (Å²) in [6.45, 7) is 4.17. The van der Waals surface area contributed by atoms with Crippen LogP contribution in [-0.4, -0.2) is 5.11 Å². The van der Waals surface area contributed by atoms with Crippen LogP contribution >= 0.6 is 0 Å². The first-order valence-corrected chi connectivity index (χ1v) is 5.57. The molecule has 1 nitrogen and oxygen atoms in total. The highest BCUT2D eigenvalue weighted by atomic mass is 16.3. The van der Waals surface area contributed by atoms with E-state index in [0.29, 0.717) is 11.7 Å². The fourth-order valence-corrected chi connectivity index (χ4v) is 1.88. The van der Waals surface area contributed by atoms with Gasteiger partial charge in [0.05, 0.1) is 0 Å². The highest BCUT2D eigenvalue weighted by Gasteiger charge is 2.10. The highest BCUT2D eigenvalue weighted by molar-refractivity contribution is 5.71. The smallest absolute Gasteiger partial charge is 0.126 e. The van der Waals surface area contributed by atoms with Gasteiger partial charge in [-0.05, 0) is 17.0 Å². The van der Waals surface area contributed by atoms with Gasteiger partial charge in [-0.2, -0.15) is 0 Å². The number of hydrogen-bond donors (Lipinski definition) is 1. The molecule has 0 saturated heterocycles. The van der Waals surface area contributed by atoms with Crippen LogP contribution in [0.3, 0.4) is 0 Å². The number of para-hydroxylation sites is 1. The minimum Gasteiger partial charge on any atom is -0.507 e. The summed E-state index contributed by atoms with van der Waals surface area (Å²) >= 11 is 0. The maximum Gasteiger partial charge on any atom is 0.126 e. The third kappa shape index (κ3) is 1.94. The number of hydrogen-bond acceptors (Lipinski definition) is 1. The van der Waals surface area contributed by atoms with Gasteiger partial charge in [0, 0.05) is 5.56 Å². The van der Waals surface area contributed by atoms with Crippen molar-refractivity contribution in [1.82, 2.24) is 0 Å².